The summed E-state index contributed by atoms with van der Waals surface area (Å²) in [6.45, 7) is 0. The highest BCUT2D eigenvalue weighted by Crippen LogP contribution is 2.42. The van der Waals surface area contributed by atoms with Crippen molar-refractivity contribution in [1.29, 1.82) is 0 Å². The van der Waals surface area contributed by atoms with Gasteiger partial charge in [-0.3, -0.25) is 9.88 Å². The second-order valence-corrected chi connectivity index (χ2v) is 7.83. The lowest BCUT2D eigenvalue weighted by Crippen LogP contribution is -2.26. The maximum atomic E-state index is 11.5. The highest BCUT2D eigenvalue weighted by Gasteiger charge is 2.31. The molecule has 3 N–H and O–H groups in total. The molecule has 0 bridgehead atoms. The van der Waals surface area contributed by atoms with E-state index in [1.807, 2.05) is 42.5 Å². The van der Waals surface area contributed by atoms with Crippen molar-refractivity contribution in [3.8, 4) is 0 Å². The van der Waals surface area contributed by atoms with E-state index in [2.05, 4.69) is 19.9 Å². The first-order chi connectivity index (χ1) is 15.9. The standard InChI is InChI=1S/C24H21ClN6O2/c1-31(24(32)33)20-6-2-5-18(29-20)22(19-11-13-28-23(26)30-19)21(16-4-3-12-27-14-16)15-7-9-17(25)10-8-15/h2-14,21-22H,1H3,(H,32,33)(H2,26,28,30). The van der Waals surface area contributed by atoms with Gasteiger partial charge in [-0.1, -0.05) is 35.9 Å². The molecule has 0 saturated heterocycles. The zero-order valence-electron chi connectivity index (χ0n) is 17.7. The first-order valence-corrected chi connectivity index (χ1v) is 10.5. The van der Waals surface area contributed by atoms with Gasteiger partial charge in [0.15, 0.2) is 0 Å². The van der Waals surface area contributed by atoms with Gasteiger partial charge in [0.05, 0.1) is 17.3 Å². The number of hydrogen-bond donors (Lipinski definition) is 2. The van der Waals surface area contributed by atoms with Gasteiger partial charge in [-0.05, 0) is 47.5 Å². The Bertz CT molecular complexity index is 1250. The predicted octanol–water partition coefficient (Wildman–Crippen LogP) is 4.58. The number of pyridine rings is 2. The minimum atomic E-state index is -1.11. The topological polar surface area (TPSA) is 118 Å². The van der Waals surface area contributed by atoms with Gasteiger partial charge < -0.3 is 10.8 Å². The molecule has 33 heavy (non-hydrogen) atoms. The number of anilines is 2. The highest BCUT2D eigenvalue weighted by molar-refractivity contribution is 6.30. The molecule has 3 heterocycles. The van der Waals surface area contributed by atoms with Crippen molar-refractivity contribution in [2.75, 3.05) is 17.7 Å². The van der Waals surface area contributed by atoms with Crippen LogP contribution in [0, 0.1) is 0 Å². The van der Waals surface area contributed by atoms with E-state index in [1.165, 1.54) is 7.05 Å². The van der Waals surface area contributed by atoms with Crippen molar-refractivity contribution >= 4 is 29.5 Å². The number of amides is 1. The number of hydrogen-bond acceptors (Lipinski definition) is 6. The number of halogens is 1. The van der Waals surface area contributed by atoms with Crippen LogP contribution in [0.1, 0.15) is 34.4 Å². The summed E-state index contributed by atoms with van der Waals surface area (Å²) in [6, 6.07) is 18.5. The first kappa shape index (κ1) is 22.2. The molecule has 0 saturated carbocycles. The van der Waals surface area contributed by atoms with Crippen LogP contribution >= 0.6 is 11.6 Å². The van der Waals surface area contributed by atoms with Crippen LogP contribution in [0.25, 0.3) is 0 Å². The van der Waals surface area contributed by atoms with Crippen LogP contribution in [0.3, 0.4) is 0 Å². The molecule has 0 fully saturated rings. The zero-order chi connectivity index (χ0) is 23.4. The molecule has 0 aliphatic heterocycles. The van der Waals surface area contributed by atoms with Crippen LogP contribution < -0.4 is 10.6 Å². The van der Waals surface area contributed by atoms with Gasteiger partial charge in [0.25, 0.3) is 0 Å². The van der Waals surface area contributed by atoms with E-state index in [4.69, 9.17) is 17.3 Å². The Hall–Kier alpha value is -4.04. The number of carboxylic acid groups (broad SMARTS) is 1. The summed E-state index contributed by atoms with van der Waals surface area (Å²) >= 11 is 6.16. The largest absolute Gasteiger partial charge is 0.465 e. The molecule has 8 nitrogen and oxygen atoms in total. The van der Waals surface area contributed by atoms with Crippen molar-refractivity contribution in [1.82, 2.24) is 19.9 Å². The van der Waals surface area contributed by atoms with E-state index in [0.29, 0.717) is 22.2 Å². The normalized spacial score (nSPS) is 12.7. The second kappa shape index (κ2) is 9.62. The van der Waals surface area contributed by atoms with Crippen molar-refractivity contribution in [2.24, 2.45) is 0 Å². The van der Waals surface area contributed by atoms with Crippen molar-refractivity contribution in [2.45, 2.75) is 11.8 Å². The van der Waals surface area contributed by atoms with E-state index in [-0.39, 0.29) is 11.9 Å². The average Bonchev–Trinajstić information content (AvgIpc) is 2.83. The molecule has 2 atom stereocenters. The summed E-state index contributed by atoms with van der Waals surface area (Å²) in [5.41, 5.74) is 9.10. The maximum Gasteiger partial charge on any atom is 0.412 e. The molecule has 166 valence electrons. The predicted molar refractivity (Wildman–Crippen MR) is 126 cm³/mol. The lowest BCUT2D eigenvalue weighted by Gasteiger charge is -2.28. The molecule has 0 spiro atoms. The SMILES string of the molecule is CN(C(=O)O)c1cccc(C(c2ccnc(N)n2)C(c2ccc(Cl)cc2)c2cccnc2)n1. The fourth-order valence-electron chi connectivity index (χ4n) is 3.76. The Morgan fingerprint density at radius 1 is 0.939 bits per heavy atom. The van der Waals surface area contributed by atoms with Gasteiger partial charge in [-0.2, -0.15) is 0 Å². The van der Waals surface area contributed by atoms with Gasteiger partial charge in [0.2, 0.25) is 5.95 Å². The Labute approximate surface area is 195 Å². The van der Waals surface area contributed by atoms with E-state index in [1.54, 1.807) is 36.8 Å². The molecule has 3 aromatic heterocycles. The Morgan fingerprint density at radius 3 is 2.36 bits per heavy atom. The molecule has 2 unspecified atom stereocenters. The Balaban J connectivity index is 1.95. The Kier molecular flexibility index (Phi) is 6.46. The molecule has 1 aromatic carbocycles. The van der Waals surface area contributed by atoms with Crippen LogP contribution in [0.4, 0.5) is 16.6 Å². The second-order valence-electron chi connectivity index (χ2n) is 7.40. The third kappa shape index (κ3) is 4.91. The smallest absolute Gasteiger partial charge is 0.412 e. The van der Waals surface area contributed by atoms with Crippen LogP contribution in [0.2, 0.25) is 5.02 Å². The summed E-state index contributed by atoms with van der Waals surface area (Å²) in [5, 5.41) is 10.1. The fraction of sp³-hybridized carbons (Fsp3) is 0.125. The van der Waals surface area contributed by atoms with Gasteiger partial charge in [0.1, 0.15) is 5.82 Å². The van der Waals surface area contributed by atoms with Crippen LogP contribution in [-0.4, -0.2) is 38.2 Å². The lowest BCUT2D eigenvalue weighted by molar-refractivity contribution is 0.203. The van der Waals surface area contributed by atoms with Crippen LogP contribution in [0.15, 0.2) is 79.3 Å². The number of nitrogen functional groups attached to an aromatic ring is 1. The van der Waals surface area contributed by atoms with Gasteiger partial charge in [-0.15, -0.1) is 0 Å². The van der Waals surface area contributed by atoms with E-state index >= 15 is 0 Å². The number of rotatable bonds is 6. The molecule has 9 heteroatoms. The number of nitrogens with two attached hydrogens (primary N) is 1. The number of benzene rings is 1. The summed E-state index contributed by atoms with van der Waals surface area (Å²) < 4.78 is 0. The van der Waals surface area contributed by atoms with E-state index in [9.17, 15) is 9.90 Å². The number of carbonyl (C=O) groups is 1. The lowest BCUT2D eigenvalue weighted by atomic mass is 9.77. The number of aromatic nitrogens is 4. The number of nitrogens with zero attached hydrogens (tertiary/aromatic N) is 5. The van der Waals surface area contributed by atoms with Crippen molar-refractivity contribution in [3.63, 3.8) is 0 Å². The van der Waals surface area contributed by atoms with Crippen LogP contribution in [0.5, 0.6) is 0 Å². The Morgan fingerprint density at radius 2 is 1.70 bits per heavy atom. The first-order valence-electron chi connectivity index (χ1n) is 10.1. The molecule has 4 rings (SSSR count). The minimum Gasteiger partial charge on any atom is -0.465 e. The molecule has 1 amide bonds. The molecule has 0 aliphatic carbocycles. The van der Waals surface area contributed by atoms with Crippen molar-refractivity contribution < 1.29 is 9.90 Å². The maximum absolute atomic E-state index is 11.5. The third-order valence-electron chi connectivity index (χ3n) is 5.33. The van der Waals surface area contributed by atoms with Crippen molar-refractivity contribution in [3.05, 3.63) is 107 Å². The molecule has 4 aromatic rings. The molecular weight excluding hydrogens is 440 g/mol. The summed E-state index contributed by atoms with van der Waals surface area (Å²) in [7, 11) is 1.45. The van der Waals surface area contributed by atoms with Gasteiger partial charge in [0, 0.05) is 36.6 Å². The zero-order valence-corrected chi connectivity index (χ0v) is 18.5. The summed E-state index contributed by atoms with van der Waals surface area (Å²) in [6.07, 6.45) is 3.99. The monoisotopic (exact) mass is 460 g/mol. The van der Waals surface area contributed by atoms with E-state index in [0.717, 1.165) is 16.0 Å². The molecule has 0 radical (unpaired) electrons. The summed E-state index contributed by atoms with van der Waals surface area (Å²) in [5.74, 6) is -0.239. The van der Waals surface area contributed by atoms with Crippen LogP contribution in [-0.2, 0) is 0 Å². The minimum absolute atomic E-state index is 0.136. The van der Waals surface area contributed by atoms with E-state index < -0.39 is 12.0 Å². The highest BCUT2D eigenvalue weighted by atomic mass is 35.5. The third-order valence-corrected chi connectivity index (χ3v) is 5.58. The molecular formula is C24H21ClN6O2. The van der Waals surface area contributed by atoms with Gasteiger partial charge >= 0.3 is 6.09 Å². The van der Waals surface area contributed by atoms with Gasteiger partial charge in [-0.25, -0.2) is 19.7 Å². The quantitative estimate of drug-likeness (QED) is 0.432. The summed E-state index contributed by atoms with van der Waals surface area (Å²) in [4.78, 5) is 30.1. The fourth-order valence-corrected chi connectivity index (χ4v) is 3.89. The molecule has 0 aliphatic rings. The average molecular weight is 461 g/mol.